The molecule has 0 rings (SSSR count). The summed E-state index contributed by atoms with van der Waals surface area (Å²) in [4.78, 5) is 23.3. The molecular weight excluding hydrogens is 276 g/mol. The molecule has 0 aromatic heterocycles. The Morgan fingerprint density at radius 1 is 1.37 bits per heavy atom. The van der Waals surface area contributed by atoms with Crippen molar-refractivity contribution in [1.82, 2.24) is 10.6 Å². The highest BCUT2D eigenvalue weighted by Gasteiger charge is 2.24. The molecule has 19 heavy (non-hydrogen) atoms. The number of nitrogens with one attached hydrogen (secondary N) is 2. The zero-order chi connectivity index (χ0) is 14.9. The lowest BCUT2D eigenvalue weighted by Crippen LogP contribution is -2.49. The van der Waals surface area contributed by atoms with E-state index in [1.807, 2.05) is 0 Å². The van der Waals surface area contributed by atoms with Gasteiger partial charge in [-0.25, -0.2) is 10.1 Å². The third-order valence-electron chi connectivity index (χ3n) is 1.67. The standard InChI is InChI=1S/C10H20N2O6S/c1-5-11-8(13)7(6-19-18-17-15)12-9(14)16-10(2,3)4/h7,15H,5-6H2,1-4H3,(H,11,13)(H,12,14)/t7-/m1/s1. The van der Waals surface area contributed by atoms with E-state index in [9.17, 15) is 9.59 Å². The molecule has 0 spiro atoms. The quantitative estimate of drug-likeness (QED) is 0.279. The molecule has 2 amide bonds. The molecule has 0 heterocycles. The molecule has 0 bridgehead atoms. The van der Waals surface area contributed by atoms with Crippen LogP contribution in [0.15, 0.2) is 0 Å². The van der Waals surface area contributed by atoms with Crippen LogP contribution in [0, 0.1) is 0 Å². The normalized spacial score (nSPS) is 12.7. The number of amides is 2. The van der Waals surface area contributed by atoms with Crippen molar-refractivity contribution in [2.45, 2.75) is 39.3 Å². The van der Waals surface area contributed by atoms with Crippen LogP contribution in [0.25, 0.3) is 0 Å². The highest BCUT2D eigenvalue weighted by atomic mass is 32.2. The van der Waals surface area contributed by atoms with Gasteiger partial charge < -0.3 is 15.4 Å². The van der Waals surface area contributed by atoms with Gasteiger partial charge in [0.1, 0.15) is 11.6 Å². The third kappa shape index (κ3) is 9.54. The molecular formula is C10H20N2O6S. The minimum Gasteiger partial charge on any atom is -0.444 e. The van der Waals surface area contributed by atoms with Gasteiger partial charge in [0.05, 0.1) is 5.75 Å². The molecule has 0 unspecified atom stereocenters. The predicted molar refractivity (Wildman–Crippen MR) is 69.1 cm³/mol. The molecule has 0 aliphatic rings. The second-order valence-electron chi connectivity index (χ2n) is 4.52. The fraction of sp³-hybridized carbons (Fsp3) is 0.800. The van der Waals surface area contributed by atoms with Crippen molar-refractivity contribution in [3.8, 4) is 0 Å². The second-order valence-corrected chi connectivity index (χ2v) is 5.23. The van der Waals surface area contributed by atoms with Crippen LogP contribution in [0.2, 0.25) is 0 Å². The van der Waals surface area contributed by atoms with Crippen molar-refractivity contribution in [1.29, 1.82) is 0 Å². The molecule has 0 aromatic carbocycles. The van der Waals surface area contributed by atoms with Gasteiger partial charge in [-0.3, -0.25) is 4.79 Å². The van der Waals surface area contributed by atoms with E-state index in [-0.39, 0.29) is 11.7 Å². The van der Waals surface area contributed by atoms with Gasteiger partial charge in [0.2, 0.25) is 5.91 Å². The summed E-state index contributed by atoms with van der Waals surface area (Å²) in [5, 5.41) is 16.4. The number of alkyl carbamates (subject to hydrolysis) is 1. The maximum Gasteiger partial charge on any atom is 0.408 e. The average Bonchev–Trinajstić information content (AvgIpc) is 2.25. The first-order chi connectivity index (χ1) is 8.80. The number of rotatable bonds is 7. The zero-order valence-electron chi connectivity index (χ0n) is 11.4. The maximum atomic E-state index is 11.7. The molecule has 0 saturated carbocycles. The number of carbonyl (C=O) groups excluding carboxylic acids is 2. The van der Waals surface area contributed by atoms with E-state index in [1.165, 1.54) is 0 Å². The van der Waals surface area contributed by atoms with Crippen molar-refractivity contribution in [2.75, 3.05) is 12.3 Å². The zero-order valence-corrected chi connectivity index (χ0v) is 12.2. The predicted octanol–water partition coefficient (Wildman–Crippen LogP) is 1.09. The summed E-state index contributed by atoms with van der Waals surface area (Å²) in [6.45, 7) is 7.32. The van der Waals surface area contributed by atoms with Crippen LogP contribution >= 0.6 is 12.0 Å². The maximum absolute atomic E-state index is 11.7. The van der Waals surface area contributed by atoms with Crippen LogP contribution in [0.5, 0.6) is 0 Å². The molecule has 112 valence electrons. The van der Waals surface area contributed by atoms with Gasteiger partial charge in [-0.05, 0) is 27.7 Å². The summed E-state index contributed by atoms with van der Waals surface area (Å²) in [6, 6.07) is -0.866. The Kier molecular flexibility index (Phi) is 8.48. The smallest absolute Gasteiger partial charge is 0.408 e. The van der Waals surface area contributed by atoms with Crippen molar-refractivity contribution < 1.29 is 29.0 Å². The highest BCUT2D eigenvalue weighted by molar-refractivity contribution is 7.94. The Morgan fingerprint density at radius 3 is 2.47 bits per heavy atom. The van der Waals surface area contributed by atoms with E-state index in [2.05, 4.69) is 20.0 Å². The van der Waals surface area contributed by atoms with Gasteiger partial charge in [0, 0.05) is 18.6 Å². The summed E-state index contributed by atoms with van der Waals surface area (Å²) in [7, 11) is 0. The molecule has 0 aromatic rings. The van der Waals surface area contributed by atoms with Crippen LogP contribution in [0.1, 0.15) is 27.7 Å². The molecule has 0 radical (unpaired) electrons. The van der Waals surface area contributed by atoms with Gasteiger partial charge in [0.25, 0.3) is 0 Å². The summed E-state index contributed by atoms with van der Waals surface area (Å²) in [6.07, 6.45) is -0.714. The molecule has 9 heteroatoms. The van der Waals surface area contributed by atoms with Crippen LogP contribution in [0.3, 0.4) is 0 Å². The monoisotopic (exact) mass is 296 g/mol. The van der Waals surface area contributed by atoms with Gasteiger partial charge in [-0.2, -0.15) is 0 Å². The Labute approximate surface area is 116 Å². The van der Waals surface area contributed by atoms with Crippen LogP contribution < -0.4 is 10.6 Å². The molecule has 0 fully saturated rings. The van der Waals surface area contributed by atoms with E-state index in [4.69, 9.17) is 9.99 Å². The van der Waals surface area contributed by atoms with Crippen LogP contribution in [-0.4, -0.2) is 41.2 Å². The van der Waals surface area contributed by atoms with Crippen molar-refractivity contribution >= 4 is 24.0 Å². The molecule has 0 aliphatic carbocycles. The highest BCUT2D eigenvalue weighted by Crippen LogP contribution is 2.09. The van der Waals surface area contributed by atoms with E-state index in [0.717, 1.165) is 0 Å². The lowest BCUT2D eigenvalue weighted by Gasteiger charge is -2.22. The third-order valence-corrected chi connectivity index (χ3v) is 2.30. The average molecular weight is 296 g/mol. The summed E-state index contributed by atoms with van der Waals surface area (Å²) in [5.41, 5.74) is -0.659. The Balaban J connectivity index is 4.39. The van der Waals surface area contributed by atoms with E-state index >= 15 is 0 Å². The molecule has 8 nitrogen and oxygen atoms in total. The van der Waals surface area contributed by atoms with E-state index in [1.54, 1.807) is 27.7 Å². The fourth-order valence-corrected chi connectivity index (χ4v) is 1.52. The minimum atomic E-state index is -0.866. The lowest BCUT2D eigenvalue weighted by molar-refractivity contribution is -0.432. The van der Waals surface area contributed by atoms with Crippen LogP contribution in [0.4, 0.5) is 4.79 Å². The van der Waals surface area contributed by atoms with E-state index < -0.39 is 17.7 Å². The summed E-state index contributed by atoms with van der Waals surface area (Å²) >= 11 is 0.672. The largest absolute Gasteiger partial charge is 0.444 e. The van der Waals surface area contributed by atoms with Crippen molar-refractivity contribution in [3.63, 3.8) is 0 Å². The number of carbonyl (C=O) groups is 2. The van der Waals surface area contributed by atoms with Crippen molar-refractivity contribution in [3.05, 3.63) is 0 Å². The molecule has 0 saturated heterocycles. The Hall–Kier alpha value is -1.03. The van der Waals surface area contributed by atoms with Crippen molar-refractivity contribution in [2.24, 2.45) is 0 Å². The van der Waals surface area contributed by atoms with Gasteiger partial charge in [0.15, 0.2) is 0 Å². The van der Waals surface area contributed by atoms with E-state index in [0.29, 0.717) is 18.6 Å². The first-order valence-corrected chi connectivity index (χ1v) is 6.58. The second kappa shape index (κ2) is 8.97. The SMILES string of the molecule is CCNC(=O)[C@@H](CSOOO)NC(=O)OC(C)(C)C. The first-order valence-electron chi connectivity index (χ1n) is 5.67. The van der Waals surface area contributed by atoms with Gasteiger partial charge >= 0.3 is 6.09 Å². The number of hydrogen-bond donors (Lipinski definition) is 3. The van der Waals surface area contributed by atoms with Gasteiger partial charge in [-0.1, -0.05) is 5.04 Å². The minimum absolute atomic E-state index is 0.0473. The molecule has 1 atom stereocenters. The first kappa shape index (κ1) is 18.0. The number of ether oxygens (including phenoxy) is 1. The molecule has 3 N–H and O–H groups in total. The van der Waals surface area contributed by atoms with Gasteiger partial charge in [-0.15, -0.1) is 4.33 Å². The number of hydrogen-bond acceptors (Lipinski definition) is 7. The molecule has 0 aliphatic heterocycles. The summed E-state index contributed by atoms with van der Waals surface area (Å²) < 4.78 is 9.22. The van der Waals surface area contributed by atoms with Crippen LogP contribution in [-0.2, 0) is 18.9 Å². The number of likely N-dealkylation sites (N-methyl/N-ethyl adjacent to an activating group) is 1. The topological polar surface area (TPSA) is 106 Å². The summed E-state index contributed by atoms with van der Waals surface area (Å²) in [5.74, 6) is -0.339. The lowest BCUT2D eigenvalue weighted by atomic mass is 10.2. The Bertz CT molecular complexity index is 294. The fourth-order valence-electron chi connectivity index (χ4n) is 1.05. The Morgan fingerprint density at radius 2 is 2.00 bits per heavy atom.